The predicted octanol–water partition coefficient (Wildman–Crippen LogP) is 3.83. The summed E-state index contributed by atoms with van der Waals surface area (Å²) in [6.07, 6.45) is 0. The molecule has 4 aromatic rings. The van der Waals surface area contributed by atoms with E-state index < -0.39 is 0 Å². The molecule has 32 heavy (non-hydrogen) atoms. The number of hydrogen-bond acceptors (Lipinski definition) is 6. The van der Waals surface area contributed by atoms with E-state index in [9.17, 15) is 4.39 Å². The molecule has 0 unspecified atom stereocenters. The zero-order valence-corrected chi connectivity index (χ0v) is 18.5. The first-order valence-corrected chi connectivity index (χ1v) is 11.7. The highest BCUT2D eigenvalue weighted by atomic mass is 32.1. The zero-order chi connectivity index (χ0) is 21.8. The number of rotatable bonds is 7. The van der Waals surface area contributed by atoms with Crippen molar-refractivity contribution < 1.29 is 4.39 Å². The standard InChI is InChI=1S/C24H25FN6S/c25-21-10-8-20(9-11-21)23(24-26-27-28-31(24)18-22-7-4-16-32-22)30-14-12-29(13-15-30)17-19-5-2-1-3-6-19/h1-11,16,23H,12-15,17-18H2/t23-/m0/s1. The normalized spacial score (nSPS) is 16.3. The van der Waals surface area contributed by atoms with Gasteiger partial charge in [-0.05, 0) is 45.1 Å². The third kappa shape index (κ3) is 4.77. The third-order valence-corrected chi connectivity index (χ3v) is 6.76. The van der Waals surface area contributed by atoms with Crippen molar-refractivity contribution in [1.29, 1.82) is 0 Å². The fourth-order valence-electron chi connectivity index (χ4n) is 4.26. The molecule has 1 fully saturated rings. The summed E-state index contributed by atoms with van der Waals surface area (Å²) in [5.74, 6) is 0.555. The summed E-state index contributed by atoms with van der Waals surface area (Å²) >= 11 is 1.69. The van der Waals surface area contributed by atoms with Crippen LogP contribution in [0.5, 0.6) is 0 Å². The molecule has 164 valence electrons. The Kier molecular flexibility index (Phi) is 6.34. The Morgan fingerprint density at radius 1 is 0.875 bits per heavy atom. The van der Waals surface area contributed by atoms with Crippen LogP contribution in [0.1, 0.15) is 27.9 Å². The van der Waals surface area contributed by atoms with Gasteiger partial charge in [0.2, 0.25) is 0 Å². The molecule has 1 atom stereocenters. The summed E-state index contributed by atoms with van der Waals surface area (Å²) in [7, 11) is 0. The number of halogens is 1. The van der Waals surface area contributed by atoms with Crippen LogP contribution in [-0.4, -0.2) is 56.2 Å². The molecule has 0 amide bonds. The number of benzene rings is 2. The number of hydrogen-bond donors (Lipinski definition) is 0. The molecule has 5 rings (SSSR count). The largest absolute Gasteiger partial charge is 0.297 e. The van der Waals surface area contributed by atoms with E-state index in [2.05, 4.69) is 67.1 Å². The molecule has 0 saturated carbocycles. The van der Waals surface area contributed by atoms with Gasteiger partial charge in [0, 0.05) is 37.6 Å². The van der Waals surface area contributed by atoms with E-state index in [0.29, 0.717) is 6.54 Å². The maximum absolute atomic E-state index is 13.7. The summed E-state index contributed by atoms with van der Waals surface area (Å²) in [4.78, 5) is 6.08. The minimum atomic E-state index is -0.238. The van der Waals surface area contributed by atoms with Crippen LogP contribution in [0.3, 0.4) is 0 Å². The predicted molar refractivity (Wildman–Crippen MR) is 123 cm³/mol. The minimum absolute atomic E-state index is 0.121. The van der Waals surface area contributed by atoms with Crippen molar-refractivity contribution in [2.24, 2.45) is 0 Å². The van der Waals surface area contributed by atoms with Gasteiger partial charge in [0.15, 0.2) is 5.82 Å². The summed E-state index contributed by atoms with van der Waals surface area (Å²) in [6, 6.07) is 21.3. The Hall–Kier alpha value is -2.94. The van der Waals surface area contributed by atoms with Crippen molar-refractivity contribution in [3.63, 3.8) is 0 Å². The Bertz CT molecular complexity index is 1110. The molecule has 1 aliphatic rings. The van der Waals surface area contributed by atoms with Gasteiger partial charge in [-0.15, -0.1) is 16.4 Å². The summed E-state index contributed by atoms with van der Waals surface area (Å²) < 4.78 is 15.5. The van der Waals surface area contributed by atoms with Crippen molar-refractivity contribution >= 4 is 11.3 Å². The first-order valence-electron chi connectivity index (χ1n) is 10.8. The van der Waals surface area contributed by atoms with E-state index in [-0.39, 0.29) is 11.9 Å². The van der Waals surface area contributed by atoms with E-state index in [1.165, 1.54) is 22.6 Å². The van der Waals surface area contributed by atoms with Gasteiger partial charge in [-0.1, -0.05) is 48.5 Å². The minimum Gasteiger partial charge on any atom is -0.297 e. The molecule has 2 aromatic carbocycles. The lowest BCUT2D eigenvalue weighted by atomic mass is 10.0. The monoisotopic (exact) mass is 448 g/mol. The highest BCUT2D eigenvalue weighted by Crippen LogP contribution is 2.29. The van der Waals surface area contributed by atoms with Crippen LogP contribution in [0.4, 0.5) is 4.39 Å². The number of piperazine rings is 1. The van der Waals surface area contributed by atoms with E-state index >= 15 is 0 Å². The molecule has 0 spiro atoms. The van der Waals surface area contributed by atoms with Gasteiger partial charge in [-0.3, -0.25) is 9.80 Å². The van der Waals surface area contributed by atoms with Gasteiger partial charge in [-0.2, -0.15) is 0 Å². The maximum atomic E-state index is 13.7. The third-order valence-electron chi connectivity index (χ3n) is 5.90. The Morgan fingerprint density at radius 3 is 2.38 bits per heavy atom. The fraction of sp³-hybridized carbons (Fsp3) is 0.292. The topological polar surface area (TPSA) is 50.1 Å². The lowest BCUT2D eigenvalue weighted by Crippen LogP contribution is -2.48. The van der Waals surface area contributed by atoms with Gasteiger partial charge in [0.05, 0.1) is 12.6 Å². The molecule has 3 heterocycles. The lowest BCUT2D eigenvalue weighted by molar-refractivity contribution is 0.100. The molecule has 6 nitrogen and oxygen atoms in total. The van der Waals surface area contributed by atoms with Crippen molar-refractivity contribution in [3.8, 4) is 0 Å². The molecule has 1 saturated heterocycles. The quantitative estimate of drug-likeness (QED) is 0.430. The molecule has 0 radical (unpaired) electrons. The van der Waals surface area contributed by atoms with Gasteiger partial charge in [0.25, 0.3) is 0 Å². The smallest absolute Gasteiger partial charge is 0.173 e. The van der Waals surface area contributed by atoms with Crippen LogP contribution in [0.2, 0.25) is 0 Å². The number of thiophene rings is 1. The maximum Gasteiger partial charge on any atom is 0.173 e. The van der Waals surface area contributed by atoms with Crippen LogP contribution in [-0.2, 0) is 13.1 Å². The fourth-order valence-corrected chi connectivity index (χ4v) is 4.95. The van der Waals surface area contributed by atoms with Crippen molar-refractivity contribution in [2.45, 2.75) is 19.1 Å². The molecular formula is C24H25FN6S. The second-order valence-corrected chi connectivity index (χ2v) is 9.06. The SMILES string of the molecule is Fc1ccc([C@@H](c2nnnn2Cc2cccs2)N2CCN(Cc3ccccc3)CC2)cc1. The molecule has 0 bridgehead atoms. The van der Waals surface area contributed by atoms with Crippen LogP contribution < -0.4 is 0 Å². The molecular weight excluding hydrogens is 423 g/mol. The number of tetrazole rings is 1. The average molecular weight is 449 g/mol. The Labute approximate surface area is 190 Å². The number of nitrogens with zero attached hydrogens (tertiary/aromatic N) is 6. The molecule has 1 aliphatic heterocycles. The average Bonchev–Trinajstić information content (AvgIpc) is 3.50. The highest BCUT2D eigenvalue weighted by Gasteiger charge is 2.30. The summed E-state index contributed by atoms with van der Waals surface area (Å²) in [5, 5.41) is 14.7. The molecule has 0 N–H and O–H groups in total. The van der Waals surface area contributed by atoms with Gasteiger partial charge < -0.3 is 0 Å². The molecule has 8 heteroatoms. The molecule has 2 aromatic heterocycles. The van der Waals surface area contributed by atoms with Gasteiger partial charge in [0.1, 0.15) is 5.82 Å². The zero-order valence-electron chi connectivity index (χ0n) is 17.7. The van der Waals surface area contributed by atoms with E-state index in [1.807, 2.05) is 22.9 Å². The van der Waals surface area contributed by atoms with Gasteiger partial charge in [-0.25, -0.2) is 9.07 Å². The lowest BCUT2D eigenvalue weighted by Gasteiger charge is -2.39. The van der Waals surface area contributed by atoms with Crippen LogP contribution in [0, 0.1) is 5.82 Å². The first-order chi connectivity index (χ1) is 15.8. The summed E-state index contributed by atoms with van der Waals surface area (Å²) in [5.41, 5.74) is 2.33. The second-order valence-electron chi connectivity index (χ2n) is 8.03. The van der Waals surface area contributed by atoms with Crippen molar-refractivity contribution in [3.05, 3.63) is 99.8 Å². The van der Waals surface area contributed by atoms with Crippen molar-refractivity contribution in [2.75, 3.05) is 26.2 Å². The number of aromatic nitrogens is 4. The van der Waals surface area contributed by atoms with Crippen molar-refractivity contribution in [1.82, 2.24) is 30.0 Å². The Morgan fingerprint density at radius 2 is 1.66 bits per heavy atom. The summed E-state index contributed by atoms with van der Waals surface area (Å²) in [6.45, 7) is 5.28. The van der Waals surface area contributed by atoms with Gasteiger partial charge >= 0.3 is 0 Å². The van der Waals surface area contributed by atoms with Crippen LogP contribution >= 0.6 is 11.3 Å². The first kappa shape index (κ1) is 20.9. The Balaban J connectivity index is 1.37. The van der Waals surface area contributed by atoms with Crippen LogP contribution in [0.15, 0.2) is 72.1 Å². The van der Waals surface area contributed by atoms with E-state index in [0.717, 1.165) is 44.1 Å². The van der Waals surface area contributed by atoms with Crippen LogP contribution in [0.25, 0.3) is 0 Å². The van der Waals surface area contributed by atoms with E-state index in [1.54, 1.807) is 11.3 Å². The second kappa shape index (κ2) is 9.68. The molecule has 0 aliphatic carbocycles. The van der Waals surface area contributed by atoms with E-state index in [4.69, 9.17) is 0 Å². The highest BCUT2D eigenvalue weighted by molar-refractivity contribution is 7.09.